The average molecular weight is 382 g/mol. The topological polar surface area (TPSA) is 45.7 Å². The van der Waals surface area contributed by atoms with E-state index in [2.05, 4.69) is 30.9 Å². The molecule has 2 heterocycles. The number of para-hydroxylation sites is 1. The van der Waals surface area contributed by atoms with Crippen LogP contribution in [0.25, 0.3) is 10.2 Å². The van der Waals surface area contributed by atoms with Crippen molar-refractivity contribution < 1.29 is 9.53 Å². The van der Waals surface area contributed by atoms with Crippen molar-refractivity contribution in [2.45, 2.75) is 13.8 Å². The summed E-state index contributed by atoms with van der Waals surface area (Å²) < 4.78 is 6.59. The van der Waals surface area contributed by atoms with Gasteiger partial charge in [-0.15, -0.1) is 0 Å². The minimum Gasteiger partial charge on any atom is -0.496 e. The second-order valence-electron chi connectivity index (χ2n) is 6.91. The smallest absolute Gasteiger partial charge is 0.257 e. The van der Waals surface area contributed by atoms with Crippen LogP contribution in [0.1, 0.15) is 21.5 Å². The first-order chi connectivity index (χ1) is 13.1. The third-order valence-corrected chi connectivity index (χ3v) is 6.25. The number of piperazine rings is 1. The highest BCUT2D eigenvalue weighted by Gasteiger charge is 2.25. The van der Waals surface area contributed by atoms with Crippen molar-refractivity contribution in [1.29, 1.82) is 0 Å². The third-order valence-electron chi connectivity index (χ3n) is 4.98. The average Bonchev–Trinajstić information content (AvgIpc) is 3.12. The number of aryl methyl sites for hydroxylation is 2. The van der Waals surface area contributed by atoms with E-state index < -0.39 is 0 Å². The first-order valence-corrected chi connectivity index (χ1v) is 9.93. The maximum Gasteiger partial charge on any atom is 0.257 e. The maximum absolute atomic E-state index is 12.9. The van der Waals surface area contributed by atoms with E-state index >= 15 is 0 Å². The van der Waals surface area contributed by atoms with E-state index in [1.165, 1.54) is 15.8 Å². The zero-order chi connectivity index (χ0) is 19.0. The number of hydrogen-bond acceptors (Lipinski definition) is 5. The molecule has 0 unspecified atom stereocenters. The number of thiazole rings is 1. The van der Waals surface area contributed by atoms with Gasteiger partial charge in [0, 0.05) is 26.2 Å². The molecule has 1 aliphatic rings. The molecule has 1 aromatic heterocycles. The van der Waals surface area contributed by atoms with E-state index in [0.29, 0.717) is 24.4 Å². The van der Waals surface area contributed by atoms with Crippen LogP contribution in [0, 0.1) is 13.8 Å². The van der Waals surface area contributed by atoms with Crippen LogP contribution < -0.4 is 9.64 Å². The highest BCUT2D eigenvalue weighted by Crippen LogP contribution is 2.32. The molecule has 3 aromatic rings. The van der Waals surface area contributed by atoms with E-state index in [9.17, 15) is 4.79 Å². The molecule has 1 saturated heterocycles. The van der Waals surface area contributed by atoms with Gasteiger partial charge in [-0.3, -0.25) is 4.79 Å². The molecule has 6 heteroatoms. The maximum atomic E-state index is 12.9. The monoisotopic (exact) mass is 381 g/mol. The van der Waals surface area contributed by atoms with Gasteiger partial charge in [-0.25, -0.2) is 4.98 Å². The van der Waals surface area contributed by atoms with Crippen LogP contribution in [-0.4, -0.2) is 49.1 Å². The molecule has 0 bridgehead atoms. The SMILES string of the molecule is COc1ccccc1C(=O)N1CCN(c2nc3cc(C)cc(C)c3s2)CC1. The second-order valence-corrected chi connectivity index (χ2v) is 7.88. The Morgan fingerprint density at radius 1 is 1.11 bits per heavy atom. The van der Waals surface area contributed by atoms with E-state index in [1.807, 2.05) is 29.2 Å². The van der Waals surface area contributed by atoms with Crippen molar-refractivity contribution in [2.75, 3.05) is 38.2 Å². The molecule has 1 fully saturated rings. The van der Waals surface area contributed by atoms with Gasteiger partial charge >= 0.3 is 0 Å². The number of amides is 1. The predicted octanol–water partition coefficient (Wildman–Crippen LogP) is 3.88. The van der Waals surface area contributed by atoms with Crippen LogP contribution in [0.5, 0.6) is 5.75 Å². The summed E-state index contributed by atoms with van der Waals surface area (Å²) in [4.78, 5) is 21.9. The van der Waals surface area contributed by atoms with E-state index in [-0.39, 0.29) is 5.91 Å². The van der Waals surface area contributed by atoms with Crippen molar-refractivity contribution >= 4 is 32.6 Å². The number of benzene rings is 2. The van der Waals surface area contributed by atoms with E-state index in [1.54, 1.807) is 18.4 Å². The number of carbonyl (C=O) groups is 1. The first kappa shape index (κ1) is 17.8. The Morgan fingerprint density at radius 3 is 2.59 bits per heavy atom. The Labute approximate surface area is 163 Å². The predicted molar refractivity (Wildman–Crippen MR) is 110 cm³/mol. The van der Waals surface area contributed by atoms with Gasteiger partial charge in [0.15, 0.2) is 5.13 Å². The lowest BCUT2D eigenvalue weighted by Gasteiger charge is -2.34. The second kappa shape index (κ2) is 7.19. The lowest BCUT2D eigenvalue weighted by Crippen LogP contribution is -2.48. The summed E-state index contributed by atoms with van der Waals surface area (Å²) in [5.41, 5.74) is 4.21. The molecule has 0 radical (unpaired) electrons. The molecular formula is C21H23N3O2S. The molecule has 1 aliphatic heterocycles. The summed E-state index contributed by atoms with van der Waals surface area (Å²) in [6.07, 6.45) is 0. The van der Waals surface area contributed by atoms with Gasteiger partial charge in [0.05, 0.1) is 22.9 Å². The normalized spacial score (nSPS) is 14.6. The number of rotatable bonds is 3. The fraction of sp³-hybridized carbons (Fsp3) is 0.333. The highest BCUT2D eigenvalue weighted by atomic mass is 32.1. The number of carbonyl (C=O) groups excluding carboxylic acids is 1. The standard InChI is InChI=1S/C21H23N3O2S/c1-14-12-15(2)19-17(13-14)22-21(27-19)24-10-8-23(9-11-24)20(25)16-6-4-5-7-18(16)26-3/h4-7,12-13H,8-11H2,1-3H3. The summed E-state index contributed by atoms with van der Waals surface area (Å²) in [7, 11) is 1.60. The molecule has 2 aromatic carbocycles. The van der Waals surface area contributed by atoms with Gasteiger partial charge < -0.3 is 14.5 Å². The Balaban J connectivity index is 1.49. The number of hydrogen-bond donors (Lipinski definition) is 0. The lowest BCUT2D eigenvalue weighted by molar-refractivity contribution is 0.0743. The van der Waals surface area contributed by atoms with E-state index in [0.717, 1.165) is 23.7 Å². The number of fused-ring (bicyclic) bond motifs is 1. The van der Waals surface area contributed by atoms with Crippen molar-refractivity contribution in [1.82, 2.24) is 9.88 Å². The zero-order valence-corrected chi connectivity index (χ0v) is 16.7. The molecule has 5 nitrogen and oxygen atoms in total. The number of methoxy groups -OCH3 is 1. The number of anilines is 1. The Hall–Kier alpha value is -2.60. The zero-order valence-electron chi connectivity index (χ0n) is 15.9. The van der Waals surface area contributed by atoms with Crippen molar-refractivity contribution in [3.05, 3.63) is 53.1 Å². The number of ether oxygens (including phenoxy) is 1. The van der Waals surface area contributed by atoms with Crippen LogP contribution >= 0.6 is 11.3 Å². The minimum absolute atomic E-state index is 0.0304. The van der Waals surface area contributed by atoms with E-state index in [4.69, 9.17) is 9.72 Å². The first-order valence-electron chi connectivity index (χ1n) is 9.12. The van der Waals surface area contributed by atoms with Crippen LogP contribution in [0.4, 0.5) is 5.13 Å². The quantitative estimate of drug-likeness (QED) is 0.691. The number of nitrogens with zero attached hydrogens (tertiary/aromatic N) is 3. The summed E-state index contributed by atoms with van der Waals surface area (Å²) in [5, 5.41) is 1.04. The molecule has 0 spiro atoms. The van der Waals surface area contributed by atoms with Crippen LogP contribution in [0.15, 0.2) is 36.4 Å². The van der Waals surface area contributed by atoms with Crippen molar-refractivity contribution in [2.24, 2.45) is 0 Å². The van der Waals surface area contributed by atoms with Crippen LogP contribution in [-0.2, 0) is 0 Å². The minimum atomic E-state index is 0.0304. The summed E-state index contributed by atoms with van der Waals surface area (Å²) in [5.74, 6) is 0.657. The molecule has 4 rings (SSSR count). The third kappa shape index (κ3) is 3.37. The lowest BCUT2D eigenvalue weighted by atomic mass is 10.1. The van der Waals surface area contributed by atoms with Gasteiger partial charge in [0.1, 0.15) is 5.75 Å². The van der Waals surface area contributed by atoms with Gasteiger partial charge in [-0.1, -0.05) is 29.5 Å². The molecular weight excluding hydrogens is 358 g/mol. The summed E-state index contributed by atoms with van der Waals surface area (Å²) in [6, 6.07) is 11.8. The van der Waals surface area contributed by atoms with Crippen molar-refractivity contribution in [3.8, 4) is 5.75 Å². The fourth-order valence-corrected chi connectivity index (χ4v) is 4.66. The van der Waals surface area contributed by atoms with Gasteiger partial charge in [0.2, 0.25) is 0 Å². The Bertz CT molecular complexity index is 990. The van der Waals surface area contributed by atoms with Crippen LogP contribution in [0.2, 0.25) is 0 Å². The molecule has 0 aliphatic carbocycles. The largest absolute Gasteiger partial charge is 0.496 e. The van der Waals surface area contributed by atoms with Gasteiger partial charge in [0.25, 0.3) is 5.91 Å². The molecule has 0 saturated carbocycles. The Kier molecular flexibility index (Phi) is 4.74. The van der Waals surface area contributed by atoms with Crippen molar-refractivity contribution in [3.63, 3.8) is 0 Å². The summed E-state index contributed by atoms with van der Waals surface area (Å²) in [6.45, 7) is 7.20. The number of aromatic nitrogens is 1. The van der Waals surface area contributed by atoms with Crippen LogP contribution in [0.3, 0.4) is 0 Å². The molecule has 0 atom stereocenters. The molecule has 140 valence electrons. The molecule has 1 amide bonds. The fourth-order valence-electron chi connectivity index (χ4n) is 3.59. The molecule has 27 heavy (non-hydrogen) atoms. The van der Waals surface area contributed by atoms with Gasteiger partial charge in [-0.05, 0) is 43.2 Å². The summed E-state index contributed by atoms with van der Waals surface area (Å²) >= 11 is 1.74. The molecule has 0 N–H and O–H groups in total. The Morgan fingerprint density at radius 2 is 1.85 bits per heavy atom. The highest BCUT2D eigenvalue weighted by molar-refractivity contribution is 7.22. The van der Waals surface area contributed by atoms with Gasteiger partial charge in [-0.2, -0.15) is 0 Å².